The molecule has 0 saturated heterocycles. The van der Waals surface area contributed by atoms with Gasteiger partial charge in [-0.15, -0.1) is 0 Å². The van der Waals surface area contributed by atoms with Crippen LogP contribution in [0.15, 0.2) is 12.1 Å². The van der Waals surface area contributed by atoms with E-state index in [0.29, 0.717) is 12.1 Å². The van der Waals surface area contributed by atoms with E-state index in [1.807, 2.05) is 0 Å². The fourth-order valence-electron chi connectivity index (χ4n) is 1.22. The summed E-state index contributed by atoms with van der Waals surface area (Å²) in [6.07, 6.45) is -4.03. The number of ether oxygens (including phenoxy) is 1. The number of nitro benzene ring substituents is 1. The molecule has 1 aromatic carbocycles. The first kappa shape index (κ1) is 17.0. The molecule has 0 bridgehead atoms. The quantitative estimate of drug-likeness (QED) is 0.491. The molecule has 1 aromatic rings. The molecule has 0 aromatic heterocycles. The van der Waals surface area contributed by atoms with Gasteiger partial charge in [0.15, 0.2) is 12.4 Å². The molecule has 0 saturated carbocycles. The molecule has 21 heavy (non-hydrogen) atoms. The minimum absolute atomic E-state index is 0.518. The maximum Gasteiger partial charge on any atom is 0.340 e. The van der Waals surface area contributed by atoms with Crippen LogP contribution in [0.5, 0.6) is 5.75 Å². The minimum atomic E-state index is -4.53. The van der Waals surface area contributed by atoms with E-state index in [-0.39, 0.29) is 0 Å². The van der Waals surface area contributed by atoms with Gasteiger partial charge in [-0.05, 0) is 0 Å². The molecule has 11 heteroatoms. The van der Waals surface area contributed by atoms with Gasteiger partial charge in [0.1, 0.15) is 5.56 Å². The van der Waals surface area contributed by atoms with Crippen LogP contribution in [-0.2, 0) is 0 Å². The van der Waals surface area contributed by atoms with Gasteiger partial charge in [0.25, 0.3) is 5.69 Å². The molecule has 0 aliphatic heterocycles. The molecule has 1 N–H and O–H groups in total. The summed E-state index contributed by atoms with van der Waals surface area (Å²) in [5.74, 6) is -7.13. The number of rotatable bonds is 6. The van der Waals surface area contributed by atoms with E-state index in [2.05, 4.69) is 4.74 Å². The molecule has 0 heterocycles. The summed E-state index contributed by atoms with van der Waals surface area (Å²) in [5.41, 5.74) is -1.61. The van der Waals surface area contributed by atoms with Crippen molar-refractivity contribution in [1.82, 2.24) is 0 Å². The molecular weight excluding hydrogens is 326 g/mol. The minimum Gasteiger partial charge on any atom is -0.485 e. The number of nitrogens with zero attached hydrogens (tertiary/aromatic N) is 1. The highest BCUT2D eigenvalue weighted by molar-refractivity contribution is 6.32. The van der Waals surface area contributed by atoms with Gasteiger partial charge in [0, 0.05) is 12.1 Å². The summed E-state index contributed by atoms with van der Waals surface area (Å²) in [4.78, 5) is 20.5. The van der Waals surface area contributed by atoms with Crippen LogP contribution in [0, 0.1) is 10.1 Å². The Labute approximate surface area is 119 Å². The molecule has 1 rings (SSSR count). The van der Waals surface area contributed by atoms with Crippen LogP contribution >= 0.6 is 11.6 Å². The van der Waals surface area contributed by atoms with E-state index in [9.17, 15) is 32.5 Å². The number of carboxylic acids is 1. The van der Waals surface area contributed by atoms with E-state index in [4.69, 9.17) is 16.7 Å². The van der Waals surface area contributed by atoms with Crippen molar-refractivity contribution in [3.63, 3.8) is 0 Å². The third-order valence-corrected chi connectivity index (χ3v) is 2.48. The lowest BCUT2D eigenvalue weighted by Crippen LogP contribution is -2.34. The van der Waals surface area contributed by atoms with Gasteiger partial charge in [-0.2, -0.15) is 8.78 Å². The number of hydrogen-bond donors (Lipinski definition) is 1. The molecule has 0 radical (unpaired) electrons. The predicted molar refractivity (Wildman–Crippen MR) is 61.5 cm³/mol. The largest absolute Gasteiger partial charge is 0.485 e. The molecule has 0 aliphatic rings. The van der Waals surface area contributed by atoms with Gasteiger partial charge in [-0.3, -0.25) is 10.1 Å². The molecule has 0 atom stereocenters. The Morgan fingerprint density at radius 1 is 1.48 bits per heavy atom. The second-order valence-electron chi connectivity index (χ2n) is 3.72. The first-order valence-corrected chi connectivity index (χ1v) is 5.44. The number of aromatic carboxylic acids is 1. The van der Waals surface area contributed by atoms with Crippen LogP contribution in [0.25, 0.3) is 0 Å². The number of non-ortho nitro benzene ring substituents is 1. The number of halogens is 5. The van der Waals surface area contributed by atoms with E-state index >= 15 is 0 Å². The summed E-state index contributed by atoms with van der Waals surface area (Å²) >= 11 is 5.51. The molecule has 116 valence electrons. The maximum absolute atomic E-state index is 12.7. The Kier molecular flexibility index (Phi) is 4.94. The lowest BCUT2D eigenvalue weighted by Gasteiger charge is -2.17. The zero-order valence-electron chi connectivity index (χ0n) is 9.86. The van der Waals surface area contributed by atoms with Gasteiger partial charge < -0.3 is 9.84 Å². The van der Waals surface area contributed by atoms with Crippen LogP contribution in [-0.4, -0.2) is 35.0 Å². The van der Waals surface area contributed by atoms with Crippen molar-refractivity contribution in [3.05, 3.63) is 32.8 Å². The van der Waals surface area contributed by atoms with E-state index in [1.165, 1.54) is 0 Å². The van der Waals surface area contributed by atoms with Crippen LogP contribution < -0.4 is 4.74 Å². The summed E-state index contributed by atoms with van der Waals surface area (Å²) < 4.78 is 53.7. The fraction of sp³-hybridized carbons (Fsp3) is 0.300. The highest BCUT2D eigenvalue weighted by Crippen LogP contribution is 2.35. The number of carbonyl (C=O) groups is 1. The van der Waals surface area contributed by atoms with Gasteiger partial charge in [0.2, 0.25) is 0 Å². The Bertz CT molecular complexity index is 581. The summed E-state index contributed by atoms with van der Waals surface area (Å²) in [5, 5.41) is 18.7. The summed E-state index contributed by atoms with van der Waals surface area (Å²) in [6, 6.07) is 1.17. The SMILES string of the molecule is O=C(O)c1cc([N+](=O)[O-])cc(Cl)c1OCC(F)(F)C(F)F. The lowest BCUT2D eigenvalue weighted by molar-refractivity contribution is -0.384. The molecular formula is C10H6ClF4NO5. The van der Waals surface area contributed by atoms with Crippen molar-refractivity contribution in [2.45, 2.75) is 12.3 Å². The highest BCUT2D eigenvalue weighted by atomic mass is 35.5. The standard InChI is InChI=1S/C10H6ClF4NO5/c11-6-2-4(16(19)20)1-5(8(17)18)7(6)21-3-10(14,15)9(12)13/h1-2,9H,3H2,(H,17,18). The first-order chi connectivity index (χ1) is 9.56. The average molecular weight is 332 g/mol. The van der Waals surface area contributed by atoms with Gasteiger partial charge in [-0.1, -0.05) is 11.6 Å². The van der Waals surface area contributed by atoms with Crippen molar-refractivity contribution >= 4 is 23.3 Å². The normalized spacial score (nSPS) is 11.5. The van der Waals surface area contributed by atoms with Crippen molar-refractivity contribution in [1.29, 1.82) is 0 Å². The zero-order valence-corrected chi connectivity index (χ0v) is 10.6. The summed E-state index contributed by atoms with van der Waals surface area (Å²) in [6.45, 7) is -1.83. The number of nitro groups is 1. The van der Waals surface area contributed by atoms with Gasteiger partial charge >= 0.3 is 18.3 Å². The van der Waals surface area contributed by atoms with Crippen molar-refractivity contribution in [2.75, 3.05) is 6.61 Å². The van der Waals surface area contributed by atoms with Crippen molar-refractivity contribution in [2.24, 2.45) is 0 Å². The topological polar surface area (TPSA) is 89.7 Å². The Morgan fingerprint density at radius 3 is 2.48 bits per heavy atom. The summed E-state index contributed by atoms with van der Waals surface area (Å²) in [7, 11) is 0. The van der Waals surface area contributed by atoms with Crippen LogP contribution in [0.1, 0.15) is 10.4 Å². The third-order valence-electron chi connectivity index (χ3n) is 2.20. The van der Waals surface area contributed by atoms with Crippen molar-refractivity contribution < 1.29 is 37.1 Å². The first-order valence-electron chi connectivity index (χ1n) is 5.06. The number of carboxylic acid groups (broad SMARTS) is 1. The van der Waals surface area contributed by atoms with Crippen LogP contribution in [0.2, 0.25) is 5.02 Å². The maximum atomic E-state index is 12.7. The Balaban J connectivity index is 3.18. The van der Waals surface area contributed by atoms with Crippen LogP contribution in [0.3, 0.4) is 0 Å². The molecule has 0 amide bonds. The zero-order chi connectivity index (χ0) is 16.4. The number of alkyl halides is 4. The number of benzene rings is 1. The highest BCUT2D eigenvalue weighted by Gasteiger charge is 2.42. The van der Waals surface area contributed by atoms with Gasteiger partial charge in [0.05, 0.1) is 9.95 Å². The van der Waals surface area contributed by atoms with Crippen molar-refractivity contribution in [3.8, 4) is 5.75 Å². The van der Waals surface area contributed by atoms with E-state index in [0.717, 1.165) is 0 Å². The lowest BCUT2D eigenvalue weighted by atomic mass is 10.1. The molecule has 0 spiro atoms. The second kappa shape index (κ2) is 6.12. The molecule has 0 fully saturated rings. The Morgan fingerprint density at radius 2 is 2.05 bits per heavy atom. The number of hydrogen-bond acceptors (Lipinski definition) is 4. The predicted octanol–water partition coefficient (Wildman–Crippen LogP) is 3.23. The fourth-order valence-corrected chi connectivity index (χ4v) is 1.49. The molecule has 0 aliphatic carbocycles. The second-order valence-corrected chi connectivity index (χ2v) is 4.12. The smallest absolute Gasteiger partial charge is 0.340 e. The average Bonchev–Trinajstić information content (AvgIpc) is 2.35. The molecule has 0 unspecified atom stereocenters. The third kappa shape index (κ3) is 3.94. The van der Waals surface area contributed by atoms with E-state index in [1.54, 1.807) is 0 Å². The monoisotopic (exact) mass is 331 g/mol. The molecule has 6 nitrogen and oxygen atoms in total. The van der Waals surface area contributed by atoms with E-state index < -0.39 is 51.9 Å². The Hall–Kier alpha value is -2.10. The van der Waals surface area contributed by atoms with Gasteiger partial charge in [-0.25, -0.2) is 13.6 Å². The van der Waals surface area contributed by atoms with Crippen LogP contribution in [0.4, 0.5) is 23.2 Å².